The Morgan fingerprint density at radius 3 is 2.17 bits per heavy atom. The first-order chi connectivity index (χ1) is 11.5. The van der Waals surface area contributed by atoms with Gasteiger partial charge in [0.2, 0.25) is 5.91 Å². The van der Waals surface area contributed by atoms with E-state index in [2.05, 4.69) is 10.9 Å². The first-order valence-electron chi connectivity index (χ1n) is 7.40. The van der Waals surface area contributed by atoms with E-state index in [1.54, 1.807) is 18.2 Å². The summed E-state index contributed by atoms with van der Waals surface area (Å²) < 4.78 is 10.2. The Labute approximate surface area is 140 Å². The molecule has 2 N–H and O–H groups in total. The van der Waals surface area contributed by atoms with E-state index in [0.717, 1.165) is 11.1 Å². The Hall–Kier alpha value is -3.02. The normalized spacial score (nSPS) is 9.96. The number of hydrogen-bond acceptors (Lipinski definition) is 4. The molecule has 0 spiro atoms. The van der Waals surface area contributed by atoms with Gasteiger partial charge in [-0.1, -0.05) is 24.3 Å². The standard InChI is InChI=1S/C18H20N2O4/c1-12-6-4-5-7-13(12)10-17(21)19-20-18(22)14-8-15(23-2)11-16(9-14)24-3/h4-9,11H,10H2,1-3H3,(H,19,21)(H,20,22). The molecule has 0 aliphatic carbocycles. The predicted octanol–water partition coefficient (Wildman–Crippen LogP) is 2.02. The van der Waals surface area contributed by atoms with Gasteiger partial charge in [-0.2, -0.15) is 0 Å². The average molecular weight is 328 g/mol. The lowest BCUT2D eigenvalue weighted by Gasteiger charge is -2.11. The molecule has 126 valence electrons. The van der Waals surface area contributed by atoms with Crippen LogP contribution in [-0.2, 0) is 11.2 Å². The molecule has 2 rings (SSSR count). The number of ether oxygens (including phenoxy) is 2. The minimum Gasteiger partial charge on any atom is -0.497 e. The van der Waals surface area contributed by atoms with Crippen molar-refractivity contribution in [3.05, 3.63) is 59.2 Å². The quantitative estimate of drug-likeness (QED) is 0.823. The van der Waals surface area contributed by atoms with Crippen LogP contribution >= 0.6 is 0 Å². The summed E-state index contributed by atoms with van der Waals surface area (Å²) in [7, 11) is 3.00. The molecule has 0 aliphatic rings. The third-order valence-corrected chi connectivity index (χ3v) is 3.54. The molecule has 0 fully saturated rings. The summed E-state index contributed by atoms with van der Waals surface area (Å²) >= 11 is 0. The molecule has 0 unspecified atom stereocenters. The van der Waals surface area contributed by atoms with E-state index < -0.39 is 5.91 Å². The molecular weight excluding hydrogens is 308 g/mol. The van der Waals surface area contributed by atoms with Gasteiger partial charge in [0.1, 0.15) is 11.5 Å². The number of carbonyl (C=O) groups excluding carboxylic acids is 2. The SMILES string of the molecule is COc1cc(OC)cc(C(=O)NNC(=O)Cc2ccccc2C)c1. The lowest BCUT2D eigenvalue weighted by molar-refractivity contribution is -0.121. The molecule has 0 saturated heterocycles. The van der Waals surface area contributed by atoms with Gasteiger partial charge in [0.25, 0.3) is 5.91 Å². The third kappa shape index (κ3) is 4.49. The first-order valence-corrected chi connectivity index (χ1v) is 7.40. The number of rotatable bonds is 5. The minimum atomic E-state index is -0.453. The number of nitrogens with one attached hydrogen (secondary N) is 2. The summed E-state index contributed by atoms with van der Waals surface area (Å²) in [6.07, 6.45) is 0.189. The zero-order chi connectivity index (χ0) is 17.5. The molecule has 0 aliphatic heterocycles. The van der Waals surface area contributed by atoms with Gasteiger partial charge in [-0.3, -0.25) is 20.4 Å². The largest absolute Gasteiger partial charge is 0.497 e. The number of amides is 2. The van der Waals surface area contributed by atoms with Crippen LogP contribution in [0.2, 0.25) is 0 Å². The topological polar surface area (TPSA) is 76.7 Å². The molecule has 6 heteroatoms. The molecule has 0 radical (unpaired) electrons. The maximum Gasteiger partial charge on any atom is 0.269 e. The highest BCUT2D eigenvalue weighted by Crippen LogP contribution is 2.22. The Kier molecular flexibility index (Phi) is 5.78. The van der Waals surface area contributed by atoms with Gasteiger partial charge in [0.15, 0.2) is 0 Å². The van der Waals surface area contributed by atoms with E-state index in [9.17, 15) is 9.59 Å². The zero-order valence-corrected chi connectivity index (χ0v) is 13.9. The van der Waals surface area contributed by atoms with E-state index >= 15 is 0 Å². The second-order valence-electron chi connectivity index (χ2n) is 5.21. The lowest BCUT2D eigenvalue weighted by Crippen LogP contribution is -2.42. The van der Waals surface area contributed by atoms with Crippen molar-refractivity contribution in [1.29, 1.82) is 0 Å². The van der Waals surface area contributed by atoms with Crippen molar-refractivity contribution in [2.45, 2.75) is 13.3 Å². The Morgan fingerprint density at radius 1 is 0.958 bits per heavy atom. The van der Waals surface area contributed by atoms with Gasteiger partial charge >= 0.3 is 0 Å². The number of hydrogen-bond donors (Lipinski definition) is 2. The second kappa shape index (κ2) is 8.01. The Balaban J connectivity index is 1.98. The molecular formula is C18H20N2O4. The number of hydrazine groups is 1. The predicted molar refractivity (Wildman–Crippen MR) is 90.0 cm³/mol. The summed E-state index contributed by atoms with van der Waals surface area (Å²) in [5, 5.41) is 0. The summed E-state index contributed by atoms with van der Waals surface area (Å²) in [5.74, 6) is 0.231. The highest BCUT2D eigenvalue weighted by Gasteiger charge is 2.11. The second-order valence-corrected chi connectivity index (χ2v) is 5.21. The monoisotopic (exact) mass is 328 g/mol. The highest BCUT2D eigenvalue weighted by molar-refractivity contribution is 5.96. The van der Waals surface area contributed by atoms with Crippen molar-refractivity contribution in [3.8, 4) is 11.5 Å². The first kappa shape index (κ1) is 17.3. The maximum atomic E-state index is 12.2. The maximum absolute atomic E-state index is 12.2. The lowest BCUT2D eigenvalue weighted by atomic mass is 10.1. The van der Waals surface area contributed by atoms with Gasteiger partial charge in [0.05, 0.1) is 20.6 Å². The van der Waals surface area contributed by atoms with E-state index in [1.807, 2.05) is 31.2 Å². The molecule has 0 saturated carbocycles. The molecule has 2 amide bonds. The van der Waals surface area contributed by atoms with Crippen molar-refractivity contribution in [3.63, 3.8) is 0 Å². The number of benzene rings is 2. The molecule has 0 atom stereocenters. The molecule has 0 bridgehead atoms. The zero-order valence-electron chi connectivity index (χ0n) is 13.9. The Morgan fingerprint density at radius 2 is 1.58 bits per heavy atom. The minimum absolute atomic E-state index is 0.189. The van der Waals surface area contributed by atoms with Crippen LogP contribution in [0.4, 0.5) is 0 Å². The molecule has 24 heavy (non-hydrogen) atoms. The number of aryl methyl sites for hydroxylation is 1. The smallest absolute Gasteiger partial charge is 0.269 e. The van der Waals surface area contributed by atoms with Gasteiger partial charge < -0.3 is 9.47 Å². The number of carbonyl (C=O) groups is 2. The van der Waals surface area contributed by atoms with E-state index in [4.69, 9.17) is 9.47 Å². The average Bonchev–Trinajstić information content (AvgIpc) is 2.61. The summed E-state index contributed by atoms with van der Waals surface area (Å²) in [4.78, 5) is 24.1. The molecule has 2 aromatic rings. The van der Waals surface area contributed by atoms with E-state index in [0.29, 0.717) is 17.1 Å². The van der Waals surface area contributed by atoms with E-state index in [1.165, 1.54) is 14.2 Å². The molecule has 0 aromatic heterocycles. The van der Waals surface area contributed by atoms with Crippen molar-refractivity contribution in [1.82, 2.24) is 10.9 Å². The van der Waals surface area contributed by atoms with Crippen LogP contribution in [0.15, 0.2) is 42.5 Å². The van der Waals surface area contributed by atoms with Gasteiger partial charge in [0, 0.05) is 11.6 Å². The summed E-state index contributed by atoms with van der Waals surface area (Å²) in [6.45, 7) is 1.93. The van der Waals surface area contributed by atoms with Gasteiger partial charge in [-0.15, -0.1) is 0 Å². The van der Waals surface area contributed by atoms with Crippen molar-refractivity contribution < 1.29 is 19.1 Å². The van der Waals surface area contributed by atoms with Crippen molar-refractivity contribution in [2.24, 2.45) is 0 Å². The highest BCUT2D eigenvalue weighted by atomic mass is 16.5. The Bertz CT molecular complexity index is 721. The van der Waals surface area contributed by atoms with Crippen LogP contribution in [0.1, 0.15) is 21.5 Å². The van der Waals surface area contributed by atoms with Crippen LogP contribution in [0.25, 0.3) is 0 Å². The van der Waals surface area contributed by atoms with Crippen LogP contribution in [0.3, 0.4) is 0 Å². The van der Waals surface area contributed by atoms with Crippen molar-refractivity contribution in [2.75, 3.05) is 14.2 Å². The summed E-state index contributed by atoms with van der Waals surface area (Å²) in [6, 6.07) is 12.4. The van der Waals surface area contributed by atoms with Crippen LogP contribution in [-0.4, -0.2) is 26.0 Å². The molecule has 2 aromatic carbocycles. The number of methoxy groups -OCH3 is 2. The van der Waals surface area contributed by atoms with Crippen LogP contribution in [0, 0.1) is 6.92 Å². The van der Waals surface area contributed by atoms with Crippen molar-refractivity contribution >= 4 is 11.8 Å². The van der Waals surface area contributed by atoms with Crippen LogP contribution < -0.4 is 20.3 Å². The fourth-order valence-electron chi connectivity index (χ4n) is 2.16. The third-order valence-electron chi connectivity index (χ3n) is 3.54. The van der Waals surface area contributed by atoms with Gasteiger partial charge in [-0.05, 0) is 30.2 Å². The molecule has 0 heterocycles. The van der Waals surface area contributed by atoms with Gasteiger partial charge in [-0.25, -0.2) is 0 Å². The fourth-order valence-corrected chi connectivity index (χ4v) is 2.16. The molecule has 6 nitrogen and oxygen atoms in total. The van der Waals surface area contributed by atoms with E-state index in [-0.39, 0.29) is 12.3 Å². The summed E-state index contributed by atoms with van der Waals surface area (Å²) in [5.41, 5.74) is 7.06. The van der Waals surface area contributed by atoms with Crippen LogP contribution in [0.5, 0.6) is 11.5 Å². The fraction of sp³-hybridized carbons (Fsp3) is 0.222.